The molecule has 0 bridgehead atoms. The predicted octanol–water partition coefficient (Wildman–Crippen LogP) is 3.18. The maximum Gasteiger partial charge on any atom is 0.244 e. The molecule has 1 N–H and O–H groups in total. The lowest BCUT2D eigenvalue weighted by molar-refractivity contribution is -0.122. The molecule has 0 saturated carbocycles. The van der Waals surface area contributed by atoms with Crippen molar-refractivity contribution in [3.63, 3.8) is 0 Å². The molecule has 0 aliphatic heterocycles. The lowest BCUT2D eigenvalue weighted by Gasteiger charge is -2.30. The number of carbonyl (C=O) groups excluding carboxylic acids is 1. The van der Waals surface area contributed by atoms with Crippen molar-refractivity contribution in [3.8, 4) is 11.5 Å². The summed E-state index contributed by atoms with van der Waals surface area (Å²) in [5, 5.41) is 2.85. The number of carbonyl (C=O) groups is 1. The van der Waals surface area contributed by atoms with Crippen molar-refractivity contribution in [1.82, 2.24) is 5.32 Å². The Bertz CT molecular complexity index is 1000. The number of nitrogens with zero attached hydrogens (tertiary/aromatic N) is 1. The second-order valence-electron chi connectivity index (χ2n) is 7.16. The van der Waals surface area contributed by atoms with E-state index in [1.54, 1.807) is 45.4 Å². The Labute approximate surface area is 179 Å². The Morgan fingerprint density at radius 1 is 1.03 bits per heavy atom. The molecule has 2 aromatic rings. The zero-order valence-corrected chi connectivity index (χ0v) is 19.2. The number of hydrogen-bond acceptors (Lipinski definition) is 5. The summed E-state index contributed by atoms with van der Waals surface area (Å²) in [5.41, 5.74) is 3.31. The molecule has 8 heteroatoms. The van der Waals surface area contributed by atoms with Gasteiger partial charge in [0.25, 0.3) is 0 Å². The molecule has 0 heterocycles. The zero-order valence-electron chi connectivity index (χ0n) is 18.4. The molecule has 0 aromatic heterocycles. The SMILES string of the molecule is CC[C@H](C(=O)NCc1ccc(OC)c(OC)c1)N(c1ccc(C)c(C)c1)S(C)(=O)=O. The lowest BCUT2D eigenvalue weighted by Crippen LogP contribution is -2.49. The number of amides is 1. The minimum Gasteiger partial charge on any atom is -0.493 e. The number of rotatable bonds is 9. The number of nitrogens with one attached hydrogen (secondary N) is 1. The summed E-state index contributed by atoms with van der Waals surface area (Å²) in [6.07, 6.45) is 1.45. The van der Waals surface area contributed by atoms with Crippen LogP contribution in [0.3, 0.4) is 0 Å². The van der Waals surface area contributed by atoms with E-state index in [-0.39, 0.29) is 12.5 Å². The Morgan fingerprint density at radius 3 is 2.23 bits per heavy atom. The van der Waals surface area contributed by atoms with E-state index >= 15 is 0 Å². The Morgan fingerprint density at radius 2 is 1.70 bits per heavy atom. The zero-order chi connectivity index (χ0) is 22.5. The van der Waals surface area contributed by atoms with Crippen LogP contribution in [0.5, 0.6) is 11.5 Å². The smallest absolute Gasteiger partial charge is 0.244 e. The first-order chi connectivity index (χ1) is 14.1. The van der Waals surface area contributed by atoms with Crippen molar-refractivity contribution in [1.29, 1.82) is 0 Å². The minimum absolute atomic E-state index is 0.236. The molecular formula is C22H30N2O5S. The number of aryl methyl sites for hydroxylation is 2. The molecule has 164 valence electrons. The average Bonchev–Trinajstić information content (AvgIpc) is 2.71. The molecule has 0 radical (unpaired) electrons. The highest BCUT2D eigenvalue weighted by atomic mass is 32.2. The first-order valence-electron chi connectivity index (χ1n) is 9.67. The molecular weight excluding hydrogens is 404 g/mol. The maximum atomic E-state index is 13.0. The van der Waals surface area contributed by atoms with E-state index in [0.717, 1.165) is 22.9 Å². The summed E-state index contributed by atoms with van der Waals surface area (Å²) in [6.45, 7) is 5.90. The summed E-state index contributed by atoms with van der Waals surface area (Å²) in [7, 11) is -0.575. The molecule has 0 saturated heterocycles. The molecule has 2 aromatic carbocycles. The highest BCUT2D eigenvalue weighted by molar-refractivity contribution is 7.92. The van der Waals surface area contributed by atoms with Gasteiger partial charge in [0.05, 0.1) is 26.2 Å². The Balaban J connectivity index is 2.27. The lowest BCUT2D eigenvalue weighted by atomic mass is 10.1. The van der Waals surface area contributed by atoms with Gasteiger partial charge in [-0.15, -0.1) is 0 Å². The molecule has 30 heavy (non-hydrogen) atoms. The number of hydrogen-bond donors (Lipinski definition) is 1. The van der Waals surface area contributed by atoms with E-state index in [4.69, 9.17) is 9.47 Å². The third-order valence-corrected chi connectivity index (χ3v) is 6.17. The summed E-state index contributed by atoms with van der Waals surface area (Å²) in [5.74, 6) is 0.789. The number of benzene rings is 2. The third-order valence-electron chi connectivity index (χ3n) is 4.99. The van der Waals surface area contributed by atoms with Gasteiger partial charge in [-0.1, -0.05) is 19.1 Å². The van der Waals surface area contributed by atoms with Gasteiger partial charge in [-0.3, -0.25) is 9.10 Å². The fourth-order valence-corrected chi connectivity index (χ4v) is 4.42. The number of sulfonamides is 1. The van der Waals surface area contributed by atoms with Gasteiger partial charge in [0.1, 0.15) is 6.04 Å². The van der Waals surface area contributed by atoms with Crippen LogP contribution in [0.15, 0.2) is 36.4 Å². The quantitative estimate of drug-likeness (QED) is 0.655. The van der Waals surface area contributed by atoms with Crippen LogP contribution in [0.4, 0.5) is 5.69 Å². The highest BCUT2D eigenvalue weighted by Crippen LogP contribution is 2.28. The second-order valence-corrected chi connectivity index (χ2v) is 9.02. The van der Waals surface area contributed by atoms with Crippen LogP contribution in [-0.2, 0) is 21.4 Å². The molecule has 1 atom stereocenters. The van der Waals surface area contributed by atoms with Crippen molar-refractivity contribution in [3.05, 3.63) is 53.1 Å². The molecule has 0 spiro atoms. The normalized spacial score (nSPS) is 12.2. The van der Waals surface area contributed by atoms with Gasteiger partial charge in [0.2, 0.25) is 15.9 Å². The van der Waals surface area contributed by atoms with Gasteiger partial charge in [0.15, 0.2) is 11.5 Å². The van der Waals surface area contributed by atoms with E-state index in [9.17, 15) is 13.2 Å². The third kappa shape index (κ3) is 5.44. The molecule has 0 fully saturated rings. The largest absolute Gasteiger partial charge is 0.493 e. The minimum atomic E-state index is -3.67. The van der Waals surface area contributed by atoms with Crippen LogP contribution in [0, 0.1) is 13.8 Å². The fourth-order valence-electron chi connectivity index (χ4n) is 3.22. The second kappa shape index (κ2) is 9.84. The molecule has 1 amide bonds. The predicted molar refractivity (Wildman–Crippen MR) is 119 cm³/mol. The van der Waals surface area contributed by atoms with Gasteiger partial charge in [-0.2, -0.15) is 0 Å². The number of ether oxygens (including phenoxy) is 2. The van der Waals surface area contributed by atoms with Gasteiger partial charge >= 0.3 is 0 Å². The topological polar surface area (TPSA) is 84.9 Å². The van der Waals surface area contributed by atoms with Crippen molar-refractivity contribution in [2.75, 3.05) is 24.8 Å². The molecule has 0 unspecified atom stereocenters. The van der Waals surface area contributed by atoms with E-state index in [1.165, 1.54) is 4.31 Å². The summed E-state index contributed by atoms with van der Waals surface area (Å²) >= 11 is 0. The summed E-state index contributed by atoms with van der Waals surface area (Å²) in [6, 6.07) is 9.88. The first-order valence-corrected chi connectivity index (χ1v) is 11.5. The summed E-state index contributed by atoms with van der Waals surface area (Å²) < 4.78 is 36.9. The van der Waals surface area contributed by atoms with E-state index in [0.29, 0.717) is 23.6 Å². The van der Waals surface area contributed by atoms with Crippen molar-refractivity contribution in [2.45, 2.75) is 39.8 Å². The van der Waals surface area contributed by atoms with E-state index in [2.05, 4.69) is 5.32 Å². The number of anilines is 1. The van der Waals surface area contributed by atoms with Crippen molar-refractivity contribution < 1.29 is 22.7 Å². The van der Waals surface area contributed by atoms with Crippen molar-refractivity contribution in [2.24, 2.45) is 0 Å². The standard InChI is InChI=1S/C22H30N2O5S/c1-7-19(24(30(6,26)27)18-10-8-15(2)16(3)12-18)22(25)23-14-17-9-11-20(28-4)21(13-17)29-5/h8-13,19H,7,14H2,1-6H3,(H,23,25)/t19-/m1/s1. The van der Waals surface area contributed by atoms with Crippen molar-refractivity contribution >= 4 is 21.6 Å². The monoisotopic (exact) mass is 434 g/mol. The molecule has 0 aliphatic carbocycles. The van der Waals surface area contributed by atoms with Gasteiger partial charge < -0.3 is 14.8 Å². The molecule has 0 aliphatic rings. The van der Waals surface area contributed by atoms with Crippen LogP contribution in [0.25, 0.3) is 0 Å². The fraction of sp³-hybridized carbons (Fsp3) is 0.409. The maximum absolute atomic E-state index is 13.0. The molecule has 2 rings (SSSR count). The van der Waals surface area contributed by atoms with E-state index in [1.807, 2.05) is 26.0 Å². The summed E-state index contributed by atoms with van der Waals surface area (Å²) in [4.78, 5) is 13.0. The van der Waals surface area contributed by atoms with E-state index < -0.39 is 16.1 Å². The Hall–Kier alpha value is -2.74. The van der Waals surface area contributed by atoms with Crippen LogP contribution >= 0.6 is 0 Å². The number of methoxy groups -OCH3 is 2. The average molecular weight is 435 g/mol. The van der Waals surface area contributed by atoms with Crippen LogP contribution in [0.2, 0.25) is 0 Å². The van der Waals surface area contributed by atoms with Crippen LogP contribution in [-0.4, -0.2) is 40.8 Å². The van der Waals surface area contributed by atoms with Gasteiger partial charge in [-0.05, 0) is 61.2 Å². The molecule has 7 nitrogen and oxygen atoms in total. The van der Waals surface area contributed by atoms with Crippen LogP contribution in [0.1, 0.15) is 30.0 Å². The van der Waals surface area contributed by atoms with Gasteiger partial charge in [-0.25, -0.2) is 8.42 Å². The van der Waals surface area contributed by atoms with Crippen LogP contribution < -0.4 is 19.1 Å². The Kier molecular flexibility index (Phi) is 7.72. The highest BCUT2D eigenvalue weighted by Gasteiger charge is 2.31. The van der Waals surface area contributed by atoms with Gasteiger partial charge in [0, 0.05) is 6.54 Å². The first kappa shape index (κ1) is 23.5.